The summed E-state index contributed by atoms with van der Waals surface area (Å²) in [6.45, 7) is 2.02. The molecule has 0 aromatic carbocycles. The van der Waals surface area contributed by atoms with Crippen LogP contribution in [-0.2, 0) is 0 Å². The molecule has 1 saturated carbocycles. The number of nitrogens with two attached hydrogens (primary N) is 2. The zero-order valence-corrected chi connectivity index (χ0v) is 7.88. The van der Waals surface area contributed by atoms with Gasteiger partial charge in [0.2, 0.25) is 0 Å². The van der Waals surface area contributed by atoms with E-state index in [1.54, 1.807) is 0 Å². The van der Waals surface area contributed by atoms with Gasteiger partial charge in [0.05, 0.1) is 6.04 Å². The molecule has 1 aliphatic carbocycles. The van der Waals surface area contributed by atoms with Crippen molar-refractivity contribution in [3.05, 3.63) is 0 Å². The van der Waals surface area contributed by atoms with E-state index in [-0.39, 0.29) is 18.0 Å². The smallest absolute Gasteiger partial charge is 0.195 e. The van der Waals surface area contributed by atoms with E-state index in [1.165, 1.54) is 12.8 Å². The van der Waals surface area contributed by atoms with Gasteiger partial charge in [0, 0.05) is 0 Å². The van der Waals surface area contributed by atoms with Crippen LogP contribution in [0.25, 0.3) is 0 Å². The molecule has 1 rings (SSSR count). The minimum atomic E-state index is -0.167. The summed E-state index contributed by atoms with van der Waals surface area (Å²) in [5, 5.41) is 9.38. The Hall–Kier alpha value is -1.26. The minimum Gasteiger partial charge on any atom is -0.370 e. The van der Waals surface area contributed by atoms with Crippen LogP contribution in [0.15, 0.2) is 4.99 Å². The average Bonchev–Trinajstić information content (AvgIpc) is 2.67. The highest BCUT2D eigenvalue weighted by atomic mass is 15.2. The lowest BCUT2D eigenvalue weighted by molar-refractivity contribution is 0.610. The van der Waals surface area contributed by atoms with Crippen molar-refractivity contribution in [3.8, 4) is 0 Å². The molecule has 1 atom stereocenters. The Balaban J connectivity index is 2.28. The van der Waals surface area contributed by atoms with Gasteiger partial charge in [-0.05, 0) is 19.3 Å². The first-order chi connectivity index (χ1) is 6.08. The minimum absolute atomic E-state index is 0.167. The Labute approximate surface area is 78.1 Å². The summed E-state index contributed by atoms with van der Waals surface area (Å²) in [6, 6.07) is 0.222. The number of nitrogens with one attached hydrogen (secondary N) is 2. The van der Waals surface area contributed by atoms with Crippen molar-refractivity contribution < 1.29 is 0 Å². The van der Waals surface area contributed by atoms with Crippen molar-refractivity contribution >= 4 is 11.9 Å². The molecule has 0 aromatic heterocycles. The topological polar surface area (TPSA) is 100 Å². The molecular weight excluding hydrogens is 166 g/mol. The second-order valence-electron chi connectivity index (χ2n) is 3.58. The van der Waals surface area contributed by atoms with Gasteiger partial charge >= 0.3 is 0 Å². The molecule has 1 unspecified atom stereocenters. The lowest BCUT2D eigenvalue weighted by atomic mass is 10.2. The molecule has 6 N–H and O–H groups in total. The third kappa shape index (κ3) is 4.35. The van der Waals surface area contributed by atoms with E-state index in [2.05, 4.69) is 10.3 Å². The molecule has 0 bridgehead atoms. The fraction of sp³-hybridized carbons (Fsp3) is 0.750. The SMILES string of the molecule is CC(CC1CC1)N=C(N)NC(=N)N. The molecule has 0 heterocycles. The molecule has 0 aliphatic heterocycles. The third-order valence-corrected chi connectivity index (χ3v) is 1.99. The zero-order valence-electron chi connectivity index (χ0n) is 7.88. The highest BCUT2D eigenvalue weighted by Crippen LogP contribution is 2.33. The molecular formula is C8H17N5. The Morgan fingerprint density at radius 2 is 2.23 bits per heavy atom. The van der Waals surface area contributed by atoms with Crippen LogP contribution in [0.5, 0.6) is 0 Å². The Morgan fingerprint density at radius 1 is 1.62 bits per heavy atom. The Bertz CT molecular complexity index is 219. The summed E-state index contributed by atoms with van der Waals surface area (Å²) in [5.74, 6) is 0.907. The van der Waals surface area contributed by atoms with Gasteiger partial charge in [0.25, 0.3) is 0 Å². The summed E-state index contributed by atoms with van der Waals surface area (Å²) < 4.78 is 0. The molecule has 74 valence electrons. The molecule has 13 heavy (non-hydrogen) atoms. The summed E-state index contributed by atoms with van der Waals surface area (Å²) in [5.41, 5.74) is 10.6. The second kappa shape index (κ2) is 4.11. The summed E-state index contributed by atoms with van der Waals surface area (Å²) >= 11 is 0. The van der Waals surface area contributed by atoms with Gasteiger partial charge in [-0.1, -0.05) is 12.8 Å². The van der Waals surface area contributed by atoms with Gasteiger partial charge in [-0.2, -0.15) is 0 Å². The Kier molecular flexibility index (Phi) is 3.11. The van der Waals surface area contributed by atoms with Crippen LogP contribution < -0.4 is 16.8 Å². The predicted molar refractivity (Wildman–Crippen MR) is 53.5 cm³/mol. The summed E-state index contributed by atoms with van der Waals surface area (Å²) in [7, 11) is 0. The maximum atomic E-state index is 6.93. The van der Waals surface area contributed by atoms with E-state index in [0.29, 0.717) is 0 Å². The molecule has 1 fully saturated rings. The normalized spacial score (nSPS) is 19.6. The maximum Gasteiger partial charge on any atom is 0.195 e. The van der Waals surface area contributed by atoms with E-state index in [9.17, 15) is 0 Å². The van der Waals surface area contributed by atoms with Gasteiger partial charge in [-0.3, -0.25) is 15.7 Å². The average molecular weight is 183 g/mol. The highest BCUT2D eigenvalue weighted by Gasteiger charge is 2.23. The lowest BCUT2D eigenvalue weighted by Crippen LogP contribution is -2.41. The van der Waals surface area contributed by atoms with Crippen molar-refractivity contribution in [2.45, 2.75) is 32.2 Å². The molecule has 0 radical (unpaired) electrons. The summed E-state index contributed by atoms with van der Waals surface area (Å²) in [6.07, 6.45) is 3.72. The quantitative estimate of drug-likeness (QED) is 0.365. The van der Waals surface area contributed by atoms with Crippen molar-refractivity contribution in [1.29, 1.82) is 5.41 Å². The van der Waals surface area contributed by atoms with Crippen molar-refractivity contribution in [2.75, 3.05) is 0 Å². The molecule has 0 amide bonds. The largest absolute Gasteiger partial charge is 0.370 e. The van der Waals surface area contributed by atoms with E-state index < -0.39 is 0 Å². The third-order valence-electron chi connectivity index (χ3n) is 1.99. The number of hydrogen-bond donors (Lipinski definition) is 4. The maximum absolute atomic E-state index is 6.93. The van der Waals surface area contributed by atoms with Gasteiger partial charge in [-0.25, -0.2) is 0 Å². The first kappa shape index (κ1) is 9.83. The zero-order chi connectivity index (χ0) is 9.84. The van der Waals surface area contributed by atoms with E-state index in [0.717, 1.165) is 12.3 Å². The van der Waals surface area contributed by atoms with Crippen LogP contribution >= 0.6 is 0 Å². The second-order valence-corrected chi connectivity index (χ2v) is 3.58. The van der Waals surface area contributed by atoms with E-state index in [4.69, 9.17) is 16.9 Å². The van der Waals surface area contributed by atoms with Crippen LogP contribution in [0.2, 0.25) is 0 Å². The van der Waals surface area contributed by atoms with Gasteiger partial charge in [0.15, 0.2) is 11.9 Å². The fourth-order valence-electron chi connectivity index (χ4n) is 1.30. The van der Waals surface area contributed by atoms with Crippen molar-refractivity contribution in [1.82, 2.24) is 5.32 Å². The van der Waals surface area contributed by atoms with Crippen LogP contribution in [-0.4, -0.2) is 18.0 Å². The number of rotatable bonds is 3. The van der Waals surface area contributed by atoms with Gasteiger partial charge < -0.3 is 11.5 Å². The Morgan fingerprint density at radius 3 is 2.69 bits per heavy atom. The van der Waals surface area contributed by atoms with E-state index >= 15 is 0 Å². The van der Waals surface area contributed by atoms with Crippen molar-refractivity contribution in [3.63, 3.8) is 0 Å². The molecule has 0 spiro atoms. The van der Waals surface area contributed by atoms with Gasteiger partial charge in [0.1, 0.15) is 0 Å². The first-order valence-corrected chi connectivity index (χ1v) is 4.52. The van der Waals surface area contributed by atoms with Crippen molar-refractivity contribution in [2.24, 2.45) is 22.4 Å². The van der Waals surface area contributed by atoms with E-state index in [1.807, 2.05) is 6.92 Å². The summed E-state index contributed by atoms with van der Waals surface area (Å²) in [4.78, 5) is 4.16. The molecule has 0 aromatic rings. The lowest BCUT2D eigenvalue weighted by Gasteiger charge is -2.07. The van der Waals surface area contributed by atoms with Crippen LogP contribution in [0, 0.1) is 11.3 Å². The van der Waals surface area contributed by atoms with Crippen LogP contribution in [0.3, 0.4) is 0 Å². The molecule has 5 heteroatoms. The van der Waals surface area contributed by atoms with Crippen LogP contribution in [0.1, 0.15) is 26.2 Å². The standard InChI is InChI=1S/C8H17N5/c1-5(4-6-2-3-6)12-8(11)13-7(9)10/h5-6H,2-4H2,1H3,(H6,9,10,11,12,13). The van der Waals surface area contributed by atoms with Gasteiger partial charge in [-0.15, -0.1) is 0 Å². The molecule has 5 nitrogen and oxygen atoms in total. The number of guanidine groups is 2. The first-order valence-electron chi connectivity index (χ1n) is 4.52. The highest BCUT2D eigenvalue weighted by molar-refractivity contribution is 5.95. The number of aliphatic imine (C=N–C) groups is 1. The predicted octanol–water partition coefficient (Wildman–Crippen LogP) is -0.0272. The molecule has 1 aliphatic rings. The van der Waals surface area contributed by atoms with Crippen LogP contribution in [0.4, 0.5) is 0 Å². The number of nitrogens with zero attached hydrogens (tertiary/aromatic N) is 1. The molecule has 0 saturated heterocycles. The number of hydrogen-bond acceptors (Lipinski definition) is 2. The fourth-order valence-corrected chi connectivity index (χ4v) is 1.30. The monoisotopic (exact) mass is 183 g/mol.